The number of carbonyl (C=O) groups excluding carboxylic acids is 2. The highest BCUT2D eigenvalue weighted by Gasteiger charge is 2.51. The van der Waals surface area contributed by atoms with E-state index in [1.807, 2.05) is 6.92 Å². The molecule has 0 N–H and O–H groups in total. The molecular weight excluding hydrogens is 395 g/mol. The second-order valence-corrected chi connectivity index (χ2v) is 7.98. The standard InChI is InChI=1S/C15H10F3NO5S2/c1-2-25-11-7-6-10-12-8(11)4-3-5-9(12)13(20)19(14(10)21)24-26(22,23)15(16,17)18/h3-7H,2H2,1H3. The fourth-order valence-corrected chi connectivity index (χ4v) is 3.75. The Balaban J connectivity index is 2.16. The Morgan fingerprint density at radius 1 is 1.08 bits per heavy atom. The Bertz CT molecular complexity index is 1010. The highest BCUT2D eigenvalue weighted by Crippen LogP contribution is 2.37. The molecule has 6 nitrogen and oxygen atoms in total. The minimum Gasteiger partial charge on any atom is -0.266 e. The second-order valence-electron chi connectivity index (χ2n) is 5.15. The largest absolute Gasteiger partial charge is 0.525 e. The summed E-state index contributed by atoms with van der Waals surface area (Å²) in [5.41, 5.74) is -6.01. The molecule has 1 aliphatic heterocycles. The molecule has 0 radical (unpaired) electrons. The van der Waals surface area contributed by atoms with Crippen molar-refractivity contribution in [2.24, 2.45) is 0 Å². The van der Waals surface area contributed by atoms with Crippen LogP contribution in [0.1, 0.15) is 27.6 Å². The fraction of sp³-hybridized carbons (Fsp3) is 0.200. The molecule has 0 spiro atoms. The summed E-state index contributed by atoms with van der Waals surface area (Å²) in [5, 5.41) is 0.462. The SMILES string of the molecule is CCSc1ccc2c3c(cccc13)C(=O)N(OS(=O)(=O)C(F)(F)F)C2=O. The molecule has 1 aliphatic rings. The van der Waals surface area contributed by atoms with Crippen LogP contribution in [0.2, 0.25) is 0 Å². The van der Waals surface area contributed by atoms with Gasteiger partial charge in [-0.05, 0) is 29.3 Å². The zero-order valence-corrected chi connectivity index (χ0v) is 14.7. The van der Waals surface area contributed by atoms with Crippen molar-refractivity contribution in [2.45, 2.75) is 17.3 Å². The molecule has 2 amide bonds. The van der Waals surface area contributed by atoms with E-state index in [1.54, 1.807) is 12.1 Å². The smallest absolute Gasteiger partial charge is 0.266 e. The Morgan fingerprint density at radius 2 is 1.69 bits per heavy atom. The lowest BCUT2D eigenvalue weighted by Crippen LogP contribution is -2.44. The molecule has 0 atom stereocenters. The average Bonchev–Trinajstić information content (AvgIpc) is 2.56. The lowest BCUT2D eigenvalue weighted by atomic mass is 9.95. The van der Waals surface area contributed by atoms with Gasteiger partial charge < -0.3 is 0 Å². The Kier molecular flexibility index (Phi) is 4.49. The van der Waals surface area contributed by atoms with E-state index in [4.69, 9.17) is 0 Å². The van der Waals surface area contributed by atoms with Crippen LogP contribution >= 0.6 is 11.8 Å². The third-order valence-electron chi connectivity index (χ3n) is 3.59. The number of imide groups is 1. The van der Waals surface area contributed by atoms with Crippen molar-refractivity contribution in [2.75, 3.05) is 5.75 Å². The summed E-state index contributed by atoms with van der Waals surface area (Å²) in [4.78, 5) is 25.6. The first-order chi connectivity index (χ1) is 12.1. The predicted octanol–water partition coefficient (Wildman–Crippen LogP) is 3.33. The van der Waals surface area contributed by atoms with Gasteiger partial charge in [0, 0.05) is 10.3 Å². The Hall–Kier alpha value is -2.11. The van der Waals surface area contributed by atoms with Crippen LogP contribution in [-0.2, 0) is 14.4 Å². The van der Waals surface area contributed by atoms with Crippen molar-refractivity contribution < 1.29 is 35.5 Å². The number of rotatable bonds is 4. The number of hydroxylamine groups is 2. The van der Waals surface area contributed by atoms with E-state index in [1.165, 1.54) is 30.0 Å². The molecule has 0 saturated carbocycles. The molecule has 2 aromatic carbocycles. The summed E-state index contributed by atoms with van der Waals surface area (Å²) < 4.78 is 63.8. The number of hydrogen-bond acceptors (Lipinski definition) is 6. The molecule has 11 heteroatoms. The van der Waals surface area contributed by atoms with Gasteiger partial charge in [0.15, 0.2) is 0 Å². The number of alkyl halides is 3. The van der Waals surface area contributed by atoms with Gasteiger partial charge in [-0.15, -0.1) is 21.1 Å². The van der Waals surface area contributed by atoms with Crippen molar-refractivity contribution in [3.8, 4) is 0 Å². The van der Waals surface area contributed by atoms with Crippen LogP contribution in [0, 0.1) is 0 Å². The second kappa shape index (κ2) is 6.25. The summed E-state index contributed by atoms with van der Waals surface area (Å²) in [5.74, 6) is -1.83. The monoisotopic (exact) mass is 405 g/mol. The van der Waals surface area contributed by atoms with Gasteiger partial charge in [-0.1, -0.05) is 19.1 Å². The molecule has 0 aromatic heterocycles. The van der Waals surface area contributed by atoms with E-state index in [-0.39, 0.29) is 21.6 Å². The molecule has 0 unspecified atom stereocenters. The van der Waals surface area contributed by atoms with Crippen LogP contribution in [-0.4, -0.2) is 36.6 Å². The lowest BCUT2D eigenvalue weighted by molar-refractivity contribution is -0.0761. The zero-order valence-electron chi connectivity index (χ0n) is 13.0. The molecular formula is C15H10F3NO5S2. The third kappa shape index (κ3) is 2.85. The van der Waals surface area contributed by atoms with Crippen molar-refractivity contribution in [1.82, 2.24) is 5.06 Å². The molecule has 1 heterocycles. The molecule has 3 rings (SSSR count). The van der Waals surface area contributed by atoms with E-state index in [9.17, 15) is 31.2 Å². The number of carbonyl (C=O) groups is 2. The van der Waals surface area contributed by atoms with Crippen LogP contribution in [0.25, 0.3) is 10.8 Å². The molecule has 0 fully saturated rings. The Morgan fingerprint density at radius 3 is 2.27 bits per heavy atom. The Labute approximate surface area is 150 Å². The van der Waals surface area contributed by atoms with Gasteiger partial charge in [-0.3, -0.25) is 9.59 Å². The molecule has 0 bridgehead atoms. The molecule has 0 saturated heterocycles. The summed E-state index contributed by atoms with van der Waals surface area (Å²) in [6.07, 6.45) is 0. The highest BCUT2D eigenvalue weighted by molar-refractivity contribution is 7.99. The topological polar surface area (TPSA) is 80.8 Å². The maximum Gasteiger partial charge on any atom is 0.525 e. The highest BCUT2D eigenvalue weighted by atomic mass is 32.2. The first-order valence-corrected chi connectivity index (χ1v) is 9.56. The van der Waals surface area contributed by atoms with Crippen molar-refractivity contribution in [3.63, 3.8) is 0 Å². The molecule has 2 aromatic rings. The van der Waals surface area contributed by atoms with Gasteiger partial charge in [0.25, 0.3) is 11.8 Å². The van der Waals surface area contributed by atoms with E-state index >= 15 is 0 Å². The van der Waals surface area contributed by atoms with E-state index in [2.05, 4.69) is 4.28 Å². The summed E-state index contributed by atoms with van der Waals surface area (Å²) in [7, 11) is -6.17. The van der Waals surface area contributed by atoms with Crippen LogP contribution in [0.5, 0.6) is 0 Å². The van der Waals surface area contributed by atoms with E-state index in [0.717, 1.165) is 10.6 Å². The molecule has 26 heavy (non-hydrogen) atoms. The quantitative estimate of drug-likeness (QED) is 0.441. The first kappa shape index (κ1) is 18.7. The summed E-state index contributed by atoms with van der Waals surface area (Å²) in [6, 6.07) is 7.36. The van der Waals surface area contributed by atoms with Gasteiger partial charge in [-0.25, -0.2) is 0 Å². The third-order valence-corrected chi connectivity index (χ3v) is 5.45. The van der Waals surface area contributed by atoms with Gasteiger partial charge in [0.1, 0.15) is 0 Å². The normalized spacial score (nSPS) is 15.0. The van der Waals surface area contributed by atoms with Crippen LogP contribution < -0.4 is 0 Å². The zero-order chi connectivity index (χ0) is 19.3. The number of benzene rings is 2. The predicted molar refractivity (Wildman–Crippen MR) is 86.9 cm³/mol. The van der Waals surface area contributed by atoms with Gasteiger partial charge in [-0.2, -0.15) is 21.6 Å². The maximum absolute atomic E-state index is 12.5. The first-order valence-electron chi connectivity index (χ1n) is 7.16. The van der Waals surface area contributed by atoms with Gasteiger partial charge >= 0.3 is 15.6 Å². The van der Waals surface area contributed by atoms with Crippen LogP contribution in [0.4, 0.5) is 13.2 Å². The minimum absolute atomic E-state index is 0.118. The van der Waals surface area contributed by atoms with Crippen molar-refractivity contribution >= 4 is 44.5 Å². The average molecular weight is 405 g/mol. The van der Waals surface area contributed by atoms with Gasteiger partial charge in [0.05, 0.1) is 11.1 Å². The number of amides is 2. The van der Waals surface area contributed by atoms with Crippen LogP contribution in [0.3, 0.4) is 0 Å². The number of thioether (sulfide) groups is 1. The number of hydrogen-bond donors (Lipinski definition) is 0. The van der Waals surface area contributed by atoms with Crippen molar-refractivity contribution in [3.05, 3.63) is 41.5 Å². The number of nitrogens with zero attached hydrogens (tertiary/aromatic N) is 1. The summed E-state index contributed by atoms with van der Waals surface area (Å²) >= 11 is 1.46. The maximum atomic E-state index is 12.5. The van der Waals surface area contributed by atoms with Gasteiger partial charge in [0.2, 0.25) is 0 Å². The van der Waals surface area contributed by atoms with Crippen LogP contribution in [0.15, 0.2) is 35.2 Å². The lowest BCUT2D eigenvalue weighted by Gasteiger charge is -2.26. The minimum atomic E-state index is -6.17. The molecule has 138 valence electrons. The van der Waals surface area contributed by atoms with E-state index < -0.39 is 27.4 Å². The number of halogens is 3. The summed E-state index contributed by atoms with van der Waals surface area (Å²) in [6.45, 7) is 1.91. The van der Waals surface area contributed by atoms with E-state index in [0.29, 0.717) is 5.39 Å². The molecule has 0 aliphatic carbocycles. The van der Waals surface area contributed by atoms with Crippen molar-refractivity contribution in [1.29, 1.82) is 0 Å². The fourth-order valence-electron chi connectivity index (χ4n) is 2.54.